The van der Waals surface area contributed by atoms with Gasteiger partial charge < -0.3 is 20.7 Å². The zero-order valence-corrected chi connectivity index (χ0v) is 15.7. The number of carbonyl (C=O) groups is 2. The first kappa shape index (κ1) is 21.3. The number of likely N-dealkylation sites (tertiary alicyclic amines) is 1. The number of nitrogens with zero attached hydrogens (tertiary/aromatic N) is 1. The van der Waals surface area contributed by atoms with Crippen molar-refractivity contribution in [1.82, 2.24) is 10.2 Å². The predicted octanol–water partition coefficient (Wildman–Crippen LogP) is 1.88. The lowest BCUT2D eigenvalue weighted by Gasteiger charge is -2.24. The molecule has 2 atom stereocenters. The highest BCUT2D eigenvalue weighted by molar-refractivity contribution is 5.85. The molecule has 0 spiro atoms. The number of rotatable bonds is 7. The van der Waals surface area contributed by atoms with Crippen LogP contribution in [-0.4, -0.2) is 43.0 Å². The first-order valence-corrected chi connectivity index (χ1v) is 8.51. The predicted molar refractivity (Wildman–Crippen MR) is 99.8 cm³/mol. The number of carbonyl (C=O) groups excluding carboxylic acids is 2. The van der Waals surface area contributed by atoms with Gasteiger partial charge in [0.15, 0.2) is 0 Å². The third kappa shape index (κ3) is 5.90. The van der Waals surface area contributed by atoms with E-state index in [1.54, 1.807) is 0 Å². The third-order valence-electron chi connectivity index (χ3n) is 4.32. The molecule has 140 valence electrons. The van der Waals surface area contributed by atoms with Crippen molar-refractivity contribution in [3.63, 3.8) is 0 Å². The zero-order chi connectivity index (χ0) is 17.5. The Kier molecular flexibility index (Phi) is 8.72. The summed E-state index contributed by atoms with van der Waals surface area (Å²) in [6, 6.07) is 7.13. The van der Waals surface area contributed by atoms with Crippen LogP contribution < -0.4 is 15.8 Å². The van der Waals surface area contributed by atoms with E-state index in [1.165, 1.54) is 6.92 Å². The Hall–Kier alpha value is -1.79. The maximum atomic E-state index is 12.6. The van der Waals surface area contributed by atoms with E-state index in [0.717, 1.165) is 18.5 Å². The monoisotopic (exact) mass is 369 g/mol. The summed E-state index contributed by atoms with van der Waals surface area (Å²) in [4.78, 5) is 26.1. The maximum Gasteiger partial charge on any atom is 0.225 e. The number of benzene rings is 1. The summed E-state index contributed by atoms with van der Waals surface area (Å²) in [5, 5.41) is 2.88. The van der Waals surface area contributed by atoms with Gasteiger partial charge in [0.05, 0.1) is 19.1 Å². The number of nitrogens with one attached hydrogen (secondary N) is 1. The highest BCUT2D eigenvalue weighted by Crippen LogP contribution is 2.28. The molecule has 1 aromatic rings. The van der Waals surface area contributed by atoms with Crippen molar-refractivity contribution in [1.29, 1.82) is 0 Å². The molecule has 1 aromatic carbocycles. The van der Waals surface area contributed by atoms with Crippen molar-refractivity contribution >= 4 is 24.2 Å². The van der Waals surface area contributed by atoms with Gasteiger partial charge in [0.25, 0.3) is 0 Å². The number of hydrogen-bond acceptors (Lipinski definition) is 4. The van der Waals surface area contributed by atoms with Gasteiger partial charge in [0.2, 0.25) is 11.8 Å². The molecule has 0 bridgehead atoms. The molecule has 0 aliphatic carbocycles. The van der Waals surface area contributed by atoms with Crippen molar-refractivity contribution in [2.45, 2.75) is 32.7 Å². The summed E-state index contributed by atoms with van der Waals surface area (Å²) in [5.41, 5.74) is 6.53. The van der Waals surface area contributed by atoms with Gasteiger partial charge in [-0.1, -0.05) is 18.2 Å². The van der Waals surface area contributed by atoms with E-state index in [0.29, 0.717) is 31.4 Å². The fraction of sp³-hybridized carbons (Fsp3) is 0.556. The number of hydrogen-bond donors (Lipinski definition) is 2. The smallest absolute Gasteiger partial charge is 0.225 e. The molecule has 1 aliphatic heterocycles. The number of nitrogens with two attached hydrogens (primary N) is 1. The van der Waals surface area contributed by atoms with Crippen molar-refractivity contribution in [3.8, 4) is 5.75 Å². The molecular formula is C18H28ClN3O3. The molecule has 7 heteroatoms. The lowest BCUT2D eigenvalue weighted by atomic mass is 10.0. The second-order valence-corrected chi connectivity index (χ2v) is 6.16. The number of halogens is 1. The van der Waals surface area contributed by atoms with Gasteiger partial charge in [0.1, 0.15) is 5.75 Å². The summed E-state index contributed by atoms with van der Waals surface area (Å²) >= 11 is 0. The minimum Gasteiger partial charge on any atom is -0.494 e. The molecule has 1 fully saturated rings. The van der Waals surface area contributed by atoms with Crippen LogP contribution in [0, 0.1) is 5.92 Å². The van der Waals surface area contributed by atoms with Crippen molar-refractivity contribution in [3.05, 3.63) is 29.8 Å². The number of ether oxygens (including phenoxy) is 1. The van der Waals surface area contributed by atoms with E-state index in [1.807, 2.05) is 36.1 Å². The third-order valence-corrected chi connectivity index (χ3v) is 4.32. The summed E-state index contributed by atoms with van der Waals surface area (Å²) < 4.78 is 5.65. The van der Waals surface area contributed by atoms with E-state index < -0.39 is 6.04 Å². The molecule has 0 radical (unpaired) electrons. The second-order valence-electron chi connectivity index (χ2n) is 6.16. The lowest BCUT2D eigenvalue weighted by molar-refractivity contribution is -0.131. The summed E-state index contributed by atoms with van der Waals surface area (Å²) in [6.45, 7) is 5.94. The number of para-hydroxylation sites is 1. The Bertz CT molecular complexity index is 582. The first-order chi connectivity index (χ1) is 11.5. The van der Waals surface area contributed by atoms with Crippen LogP contribution in [0.15, 0.2) is 24.3 Å². The molecule has 2 rings (SSSR count). The summed E-state index contributed by atoms with van der Waals surface area (Å²) in [5.74, 6) is 0.952. The molecule has 0 aromatic heterocycles. The van der Waals surface area contributed by atoms with Gasteiger partial charge in [-0.25, -0.2) is 0 Å². The minimum atomic E-state index is -0.394. The Morgan fingerprint density at radius 1 is 1.40 bits per heavy atom. The van der Waals surface area contributed by atoms with Crippen LogP contribution in [0.2, 0.25) is 0 Å². The van der Waals surface area contributed by atoms with Gasteiger partial charge in [-0.05, 0) is 31.9 Å². The number of amides is 2. The average Bonchev–Trinajstić information content (AvgIpc) is 3.04. The average molecular weight is 370 g/mol. The van der Waals surface area contributed by atoms with E-state index in [-0.39, 0.29) is 30.6 Å². The SMILES string of the molecule is CCOc1ccccc1C(CC(=O)N1CCC(CN)C1)NC(C)=O.Cl. The van der Waals surface area contributed by atoms with E-state index >= 15 is 0 Å². The van der Waals surface area contributed by atoms with Gasteiger partial charge in [-0.2, -0.15) is 0 Å². The van der Waals surface area contributed by atoms with Gasteiger partial charge in [0, 0.05) is 25.6 Å². The minimum absolute atomic E-state index is 0. The molecule has 2 unspecified atom stereocenters. The summed E-state index contributed by atoms with van der Waals surface area (Å²) in [6.07, 6.45) is 1.17. The van der Waals surface area contributed by atoms with Gasteiger partial charge in [-0.15, -0.1) is 12.4 Å². The fourth-order valence-corrected chi connectivity index (χ4v) is 3.09. The molecule has 3 N–H and O–H groups in total. The Morgan fingerprint density at radius 2 is 2.12 bits per heavy atom. The van der Waals surface area contributed by atoms with Crippen LogP contribution in [0.3, 0.4) is 0 Å². The second kappa shape index (κ2) is 10.3. The van der Waals surface area contributed by atoms with E-state index in [9.17, 15) is 9.59 Å². The van der Waals surface area contributed by atoms with Crippen LogP contribution in [0.5, 0.6) is 5.75 Å². The van der Waals surface area contributed by atoms with Crippen LogP contribution >= 0.6 is 12.4 Å². The normalized spacial score (nSPS) is 17.6. The topological polar surface area (TPSA) is 84.7 Å². The first-order valence-electron chi connectivity index (χ1n) is 8.51. The molecule has 1 saturated heterocycles. The van der Waals surface area contributed by atoms with E-state index in [4.69, 9.17) is 10.5 Å². The molecular weight excluding hydrogens is 342 g/mol. The van der Waals surface area contributed by atoms with Crippen LogP contribution in [0.1, 0.15) is 38.3 Å². The molecule has 6 nitrogen and oxygen atoms in total. The molecule has 25 heavy (non-hydrogen) atoms. The zero-order valence-electron chi connectivity index (χ0n) is 14.9. The quantitative estimate of drug-likeness (QED) is 0.768. The highest BCUT2D eigenvalue weighted by atomic mass is 35.5. The fourth-order valence-electron chi connectivity index (χ4n) is 3.09. The molecule has 0 saturated carbocycles. The van der Waals surface area contributed by atoms with Crippen LogP contribution in [0.4, 0.5) is 0 Å². The van der Waals surface area contributed by atoms with Crippen molar-refractivity contribution < 1.29 is 14.3 Å². The molecule has 1 aliphatic rings. The van der Waals surface area contributed by atoms with Crippen LogP contribution in [0.25, 0.3) is 0 Å². The van der Waals surface area contributed by atoms with Gasteiger partial charge >= 0.3 is 0 Å². The largest absolute Gasteiger partial charge is 0.494 e. The van der Waals surface area contributed by atoms with E-state index in [2.05, 4.69) is 5.32 Å². The summed E-state index contributed by atoms with van der Waals surface area (Å²) in [7, 11) is 0. The van der Waals surface area contributed by atoms with Crippen LogP contribution in [-0.2, 0) is 9.59 Å². The molecule has 2 amide bonds. The maximum absolute atomic E-state index is 12.6. The Balaban J connectivity index is 0.00000312. The Labute approximate surface area is 155 Å². The van der Waals surface area contributed by atoms with Gasteiger partial charge in [-0.3, -0.25) is 9.59 Å². The van der Waals surface area contributed by atoms with Crippen molar-refractivity contribution in [2.24, 2.45) is 11.7 Å². The highest BCUT2D eigenvalue weighted by Gasteiger charge is 2.28. The van der Waals surface area contributed by atoms with Crippen molar-refractivity contribution in [2.75, 3.05) is 26.2 Å². The lowest BCUT2D eigenvalue weighted by Crippen LogP contribution is -2.35. The molecule has 1 heterocycles. The Morgan fingerprint density at radius 3 is 2.72 bits per heavy atom. The standard InChI is InChI=1S/C18H27N3O3.ClH/c1-3-24-17-7-5-4-6-15(17)16(20-13(2)22)10-18(23)21-9-8-14(11-19)12-21;/h4-7,14,16H,3,8-12,19H2,1-2H3,(H,20,22);1H.